The number of aryl methyl sites for hydroxylation is 1. The highest BCUT2D eigenvalue weighted by molar-refractivity contribution is 5.84. The second-order valence-electron chi connectivity index (χ2n) is 6.53. The zero-order valence-corrected chi connectivity index (χ0v) is 16.4. The molecule has 1 aromatic heterocycles. The molecule has 150 valence electrons. The molecule has 3 aromatic rings. The normalized spacial score (nSPS) is 11.7. The highest BCUT2D eigenvalue weighted by Gasteiger charge is 2.22. The third-order valence-corrected chi connectivity index (χ3v) is 4.46. The topological polar surface area (TPSA) is 99.0 Å². The molecule has 0 spiro atoms. The maximum atomic E-state index is 12.4. The van der Waals surface area contributed by atoms with Crippen molar-refractivity contribution < 1.29 is 14.3 Å². The predicted octanol–water partition coefficient (Wildman–Crippen LogP) is 1.80. The number of ether oxygens (including phenoxy) is 1. The van der Waals surface area contributed by atoms with Crippen LogP contribution in [-0.4, -0.2) is 45.2 Å². The van der Waals surface area contributed by atoms with Gasteiger partial charge in [-0.1, -0.05) is 61.5 Å². The number of esters is 1. The van der Waals surface area contributed by atoms with Gasteiger partial charge >= 0.3 is 5.97 Å². The van der Waals surface area contributed by atoms with Gasteiger partial charge in [-0.3, -0.25) is 4.79 Å². The van der Waals surface area contributed by atoms with E-state index in [9.17, 15) is 9.59 Å². The van der Waals surface area contributed by atoms with Gasteiger partial charge in [0.1, 0.15) is 12.6 Å². The van der Waals surface area contributed by atoms with Crippen LogP contribution in [0.3, 0.4) is 0 Å². The summed E-state index contributed by atoms with van der Waals surface area (Å²) in [4.78, 5) is 25.7. The molecule has 29 heavy (non-hydrogen) atoms. The van der Waals surface area contributed by atoms with Crippen molar-refractivity contribution in [3.8, 4) is 11.4 Å². The van der Waals surface area contributed by atoms with E-state index in [2.05, 4.69) is 27.7 Å². The molecule has 1 amide bonds. The molecule has 0 fully saturated rings. The lowest BCUT2D eigenvalue weighted by Gasteiger charge is -2.16. The summed E-state index contributed by atoms with van der Waals surface area (Å²) in [5.41, 5.74) is 2.96. The number of benzene rings is 2. The van der Waals surface area contributed by atoms with Crippen LogP contribution in [0.4, 0.5) is 0 Å². The van der Waals surface area contributed by atoms with Crippen molar-refractivity contribution in [2.24, 2.45) is 0 Å². The smallest absolute Gasteiger partial charge is 0.328 e. The third kappa shape index (κ3) is 5.47. The quantitative estimate of drug-likeness (QED) is 0.586. The van der Waals surface area contributed by atoms with Crippen molar-refractivity contribution in [2.75, 3.05) is 7.11 Å². The number of rotatable bonds is 8. The first-order valence-corrected chi connectivity index (χ1v) is 9.37. The molecule has 0 aliphatic rings. The Morgan fingerprint density at radius 2 is 1.79 bits per heavy atom. The van der Waals surface area contributed by atoms with Crippen molar-refractivity contribution in [3.63, 3.8) is 0 Å². The van der Waals surface area contributed by atoms with Crippen LogP contribution in [0.5, 0.6) is 0 Å². The maximum absolute atomic E-state index is 12.4. The molecule has 0 unspecified atom stereocenters. The molecule has 1 heterocycles. The number of hydrogen-bond donors (Lipinski definition) is 1. The molecular weight excluding hydrogens is 370 g/mol. The molecule has 8 nitrogen and oxygen atoms in total. The van der Waals surface area contributed by atoms with E-state index < -0.39 is 17.9 Å². The summed E-state index contributed by atoms with van der Waals surface area (Å²) in [6.07, 6.45) is 1.28. The number of methoxy groups -OCH3 is 1. The predicted molar refractivity (Wildman–Crippen MR) is 107 cm³/mol. The van der Waals surface area contributed by atoms with Gasteiger partial charge in [0, 0.05) is 12.0 Å². The summed E-state index contributed by atoms with van der Waals surface area (Å²) in [6.45, 7) is 1.93. The van der Waals surface area contributed by atoms with E-state index in [1.807, 2.05) is 54.6 Å². The number of aromatic nitrogens is 4. The summed E-state index contributed by atoms with van der Waals surface area (Å²) in [5.74, 6) is -0.471. The van der Waals surface area contributed by atoms with E-state index in [-0.39, 0.29) is 6.54 Å². The minimum Gasteiger partial charge on any atom is -0.467 e. The monoisotopic (exact) mass is 393 g/mol. The molecule has 8 heteroatoms. The fraction of sp³-hybridized carbons (Fsp3) is 0.286. The SMILES string of the molecule is CCc1ccc(-c2nnn(CC(=O)N[C@@H](Cc3ccccc3)C(=O)OC)n2)cc1. The second kappa shape index (κ2) is 9.59. The average Bonchev–Trinajstić information content (AvgIpc) is 3.21. The minimum absolute atomic E-state index is 0.150. The van der Waals surface area contributed by atoms with E-state index >= 15 is 0 Å². The van der Waals surface area contributed by atoms with Gasteiger partial charge in [-0.15, -0.1) is 10.2 Å². The number of tetrazole rings is 1. The molecule has 0 bridgehead atoms. The average molecular weight is 393 g/mol. The second-order valence-corrected chi connectivity index (χ2v) is 6.53. The standard InChI is InChI=1S/C21H23N5O3/c1-3-15-9-11-17(12-10-15)20-23-25-26(24-20)14-19(27)22-18(21(28)29-2)13-16-7-5-4-6-8-16/h4-12,18H,3,13-14H2,1-2H3,(H,22,27)/t18-/m0/s1. The van der Waals surface area contributed by atoms with Crippen molar-refractivity contribution in [3.05, 3.63) is 65.7 Å². The lowest BCUT2D eigenvalue weighted by Crippen LogP contribution is -2.44. The van der Waals surface area contributed by atoms with Gasteiger partial charge in [-0.2, -0.15) is 4.80 Å². The van der Waals surface area contributed by atoms with Crippen LogP contribution in [0, 0.1) is 0 Å². The Morgan fingerprint density at radius 1 is 1.07 bits per heavy atom. The van der Waals surface area contributed by atoms with Gasteiger partial charge in [0.25, 0.3) is 0 Å². The van der Waals surface area contributed by atoms with E-state index in [1.165, 1.54) is 17.5 Å². The summed E-state index contributed by atoms with van der Waals surface area (Å²) >= 11 is 0. The van der Waals surface area contributed by atoms with Crippen LogP contribution in [0.1, 0.15) is 18.1 Å². The van der Waals surface area contributed by atoms with Crippen LogP contribution < -0.4 is 5.32 Å². The molecule has 0 aliphatic carbocycles. The Bertz CT molecular complexity index is 954. The molecule has 0 aliphatic heterocycles. The van der Waals surface area contributed by atoms with Gasteiger partial charge in [0.15, 0.2) is 0 Å². The van der Waals surface area contributed by atoms with Crippen molar-refractivity contribution in [2.45, 2.75) is 32.4 Å². The van der Waals surface area contributed by atoms with Crippen molar-refractivity contribution in [1.82, 2.24) is 25.5 Å². The molecule has 0 saturated carbocycles. The first-order chi connectivity index (χ1) is 14.1. The zero-order valence-electron chi connectivity index (χ0n) is 16.4. The third-order valence-electron chi connectivity index (χ3n) is 4.46. The van der Waals surface area contributed by atoms with Crippen LogP contribution in [0.15, 0.2) is 54.6 Å². The molecule has 1 N–H and O–H groups in total. The number of carbonyl (C=O) groups is 2. The first-order valence-electron chi connectivity index (χ1n) is 9.37. The van der Waals surface area contributed by atoms with Gasteiger partial charge in [-0.05, 0) is 22.8 Å². The number of amides is 1. The fourth-order valence-electron chi connectivity index (χ4n) is 2.87. The highest BCUT2D eigenvalue weighted by atomic mass is 16.5. The van der Waals surface area contributed by atoms with Gasteiger partial charge < -0.3 is 10.1 Å². The molecule has 3 rings (SSSR count). The molecule has 0 saturated heterocycles. The molecule has 1 atom stereocenters. The van der Waals surface area contributed by atoms with Gasteiger partial charge in [-0.25, -0.2) is 4.79 Å². The van der Waals surface area contributed by atoms with Crippen LogP contribution >= 0.6 is 0 Å². The largest absolute Gasteiger partial charge is 0.467 e. The number of carbonyl (C=O) groups excluding carboxylic acids is 2. The lowest BCUT2D eigenvalue weighted by molar-refractivity contribution is -0.145. The fourth-order valence-corrected chi connectivity index (χ4v) is 2.87. The van der Waals surface area contributed by atoms with E-state index in [0.717, 1.165) is 17.5 Å². The summed E-state index contributed by atoms with van der Waals surface area (Å²) < 4.78 is 4.81. The summed E-state index contributed by atoms with van der Waals surface area (Å²) in [6, 6.07) is 16.5. The highest BCUT2D eigenvalue weighted by Crippen LogP contribution is 2.14. The molecular formula is C21H23N5O3. The minimum atomic E-state index is -0.792. The number of hydrogen-bond acceptors (Lipinski definition) is 6. The first kappa shape index (κ1) is 20.2. The van der Waals surface area contributed by atoms with E-state index in [0.29, 0.717) is 12.2 Å². The van der Waals surface area contributed by atoms with E-state index in [1.54, 1.807) is 0 Å². The molecule has 2 aromatic carbocycles. The summed E-state index contributed by atoms with van der Waals surface area (Å²) in [7, 11) is 1.29. The van der Waals surface area contributed by atoms with Gasteiger partial charge in [0.05, 0.1) is 7.11 Å². The Kier molecular flexibility index (Phi) is 6.67. The Labute approximate surface area is 168 Å². The van der Waals surface area contributed by atoms with Gasteiger partial charge in [0.2, 0.25) is 11.7 Å². The van der Waals surface area contributed by atoms with Crippen LogP contribution in [-0.2, 0) is 33.7 Å². The Balaban J connectivity index is 1.63. The zero-order chi connectivity index (χ0) is 20.6. The summed E-state index contributed by atoms with van der Waals surface area (Å²) in [5, 5.41) is 14.9. The maximum Gasteiger partial charge on any atom is 0.328 e. The van der Waals surface area contributed by atoms with Crippen LogP contribution in [0.25, 0.3) is 11.4 Å². The number of nitrogens with zero attached hydrogens (tertiary/aromatic N) is 4. The van der Waals surface area contributed by atoms with Crippen molar-refractivity contribution in [1.29, 1.82) is 0 Å². The van der Waals surface area contributed by atoms with E-state index in [4.69, 9.17) is 4.74 Å². The molecule has 0 radical (unpaired) electrons. The van der Waals surface area contributed by atoms with Crippen molar-refractivity contribution >= 4 is 11.9 Å². The van der Waals surface area contributed by atoms with Crippen LogP contribution in [0.2, 0.25) is 0 Å². The Hall–Kier alpha value is -3.55. The number of nitrogens with one attached hydrogen (secondary N) is 1. The lowest BCUT2D eigenvalue weighted by atomic mass is 10.1. The Morgan fingerprint density at radius 3 is 2.45 bits per heavy atom.